The van der Waals surface area contributed by atoms with Crippen molar-refractivity contribution in [2.24, 2.45) is 4.99 Å². The molecule has 1 unspecified atom stereocenters. The van der Waals surface area contributed by atoms with E-state index in [1.54, 1.807) is 0 Å². The first-order chi connectivity index (χ1) is 11.3. The number of aliphatic imine (C=N–C) groups is 1. The highest BCUT2D eigenvalue weighted by Crippen LogP contribution is 2.15. The number of hydrogen-bond donors (Lipinski definition) is 2. The molecule has 2 N–H and O–H groups in total. The molecule has 0 bridgehead atoms. The third kappa shape index (κ3) is 9.51. The molecule has 0 heterocycles. The van der Waals surface area contributed by atoms with Gasteiger partial charge in [-0.1, -0.05) is 30.3 Å². The molecule has 23 heavy (non-hydrogen) atoms. The Bertz CT molecular complexity index is 426. The van der Waals surface area contributed by atoms with E-state index in [2.05, 4.69) is 47.9 Å². The zero-order valence-corrected chi connectivity index (χ0v) is 15.5. The molecule has 0 radical (unpaired) electrons. The Morgan fingerprint density at radius 3 is 2.70 bits per heavy atom. The highest BCUT2D eigenvalue weighted by atomic mass is 32.2. The fourth-order valence-electron chi connectivity index (χ4n) is 2.10. The minimum atomic E-state index is 0.143. The number of guanidine groups is 1. The van der Waals surface area contributed by atoms with Gasteiger partial charge in [0, 0.05) is 26.2 Å². The van der Waals surface area contributed by atoms with Crippen LogP contribution in [-0.4, -0.2) is 44.2 Å². The van der Waals surface area contributed by atoms with E-state index in [4.69, 9.17) is 4.74 Å². The number of thioether (sulfide) groups is 1. The van der Waals surface area contributed by atoms with E-state index in [-0.39, 0.29) is 6.10 Å². The second-order valence-corrected chi connectivity index (χ2v) is 6.30. The predicted molar refractivity (Wildman–Crippen MR) is 102 cm³/mol. The molecule has 1 aromatic rings. The lowest BCUT2D eigenvalue weighted by Gasteiger charge is -2.14. The molecule has 0 saturated carbocycles. The summed E-state index contributed by atoms with van der Waals surface area (Å²) in [6.45, 7) is 7.56. The number of nitrogens with one attached hydrogen (secondary N) is 2. The summed E-state index contributed by atoms with van der Waals surface area (Å²) in [4.78, 5) is 4.57. The Hall–Kier alpha value is -1.20. The molecule has 5 heteroatoms. The molecule has 0 saturated heterocycles. The lowest BCUT2D eigenvalue weighted by molar-refractivity contribution is 0.0646. The summed E-state index contributed by atoms with van der Waals surface area (Å²) in [5.74, 6) is 2.07. The number of benzene rings is 1. The highest BCUT2D eigenvalue weighted by Gasteiger charge is 2.04. The number of rotatable bonds is 11. The number of hydrogen-bond acceptors (Lipinski definition) is 3. The van der Waals surface area contributed by atoms with Crippen LogP contribution < -0.4 is 10.6 Å². The molecule has 0 amide bonds. The smallest absolute Gasteiger partial charge is 0.191 e. The van der Waals surface area contributed by atoms with Crippen molar-refractivity contribution in [3.05, 3.63) is 35.9 Å². The molecular formula is C18H31N3OS. The third-order valence-electron chi connectivity index (χ3n) is 3.37. The van der Waals surface area contributed by atoms with Crippen LogP contribution in [0, 0.1) is 0 Å². The lowest BCUT2D eigenvalue weighted by Crippen LogP contribution is -2.38. The van der Waals surface area contributed by atoms with Crippen LogP contribution in [0.4, 0.5) is 0 Å². The Morgan fingerprint density at radius 2 is 2.00 bits per heavy atom. The first kappa shape index (κ1) is 19.8. The van der Waals surface area contributed by atoms with Crippen LogP contribution in [0.2, 0.25) is 0 Å². The zero-order valence-electron chi connectivity index (χ0n) is 14.7. The fraction of sp³-hybridized carbons (Fsp3) is 0.611. The van der Waals surface area contributed by atoms with Gasteiger partial charge in [0.15, 0.2) is 5.96 Å². The van der Waals surface area contributed by atoms with Gasteiger partial charge in [-0.05, 0) is 44.3 Å². The molecular weight excluding hydrogens is 306 g/mol. The average Bonchev–Trinajstić information content (AvgIpc) is 2.58. The Balaban J connectivity index is 2.18. The van der Waals surface area contributed by atoms with E-state index in [1.165, 1.54) is 5.56 Å². The maximum Gasteiger partial charge on any atom is 0.191 e. The van der Waals surface area contributed by atoms with Crippen molar-refractivity contribution in [3.63, 3.8) is 0 Å². The Labute approximate surface area is 145 Å². The summed E-state index contributed by atoms with van der Waals surface area (Å²) in [6.07, 6.45) is 4.36. The second-order valence-electron chi connectivity index (χ2n) is 5.31. The van der Waals surface area contributed by atoms with Crippen molar-refractivity contribution in [3.8, 4) is 0 Å². The van der Waals surface area contributed by atoms with Crippen molar-refractivity contribution in [1.29, 1.82) is 0 Å². The van der Waals surface area contributed by atoms with Crippen LogP contribution in [0.15, 0.2) is 35.3 Å². The largest absolute Gasteiger partial charge is 0.374 e. The van der Waals surface area contributed by atoms with Gasteiger partial charge in [-0.25, -0.2) is 0 Å². The molecule has 0 aliphatic carbocycles. The van der Waals surface area contributed by atoms with Crippen molar-refractivity contribution in [2.75, 3.05) is 38.2 Å². The van der Waals surface area contributed by atoms with Crippen molar-refractivity contribution >= 4 is 17.7 Å². The first-order valence-corrected chi connectivity index (χ1v) is 9.85. The van der Waals surface area contributed by atoms with Crippen LogP contribution in [-0.2, 0) is 4.74 Å². The van der Waals surface area contributed by atoms with E-state index in [0.29, 0.717) is 0 Å². The third-order valence-corrected chi connectivity index (χ3v) is 4.07. The van der Waals surface area contributed by atoms with Crippen molar-refractivity contribution in [2.45, 2.75) is 32.8 Å². The van der Waals surface area contributed by atoms with E-state index in [1.807, 2.05) is 30.0 Å². The van der Waals surface area contributed by atoms with E-state index < -0.39 is 0 Å². The summed E-state index contributed by atoms with van der Waals surface area (Å²) < 4.78 is 5.88. The number of nitrogens with zero attached hydrogens (tertiary/aromatic N) is 1. The average molecular weight is 338 g/mol. The van der Waals surface area contributed by atoms with Gasteiger partial charge < -0.3 is 15.4 Å². The van der Waals surface area contributed by atoms with Gasteiger partial charge in [0.1, 0.15) is 0 Å². The van der Waals surface area contributed by atoms with E-state index in [0.717, 1.165) is 50.8 Å². The van der Waals surface area contributed by atoms with E-state index >= 15 is 0 Å². The molecule has 1 rings (SSSR count). The van der Waals surface area contributed by atoms with Gasteiger partial charge in [-0.15, -0.1) is 0 Å². The molecule has 0 aromatic heterocycles. The highest BCUT2D eigenvalue weighted by molar-refractivity contribution is 7.98. The van der Waals surface area contributed by atoms with Gasteiger partial charge >= 0.3 is 0 Å². The second kappa shape index (κ2) is 13.3. The van der Waals surface area contributed by atoms with Crippen LogP contribution in [0.5, 0.6) is 0 Å². The molecule has 1 aromatic carbocycles. The monoisotopic (exact) mass is 337 g/mol. The summed E-state index contributed by atoms with van der Waals surface area (Å²) >= 11 is 1.87. The van der Waals surface area contributed by atoms with Crippen molar-refractivity contribution < 1.29 is 4.74 Å². The molecule has 4 nitrogen and oxygen atoms in total. The zero-order chi connectivity index (χ0) is 16.8. The van der Waals surface area contributed by atoms with Gasteiger partial charge in [0.2, 0.25) is 0 Å². The molecule has 0 aliphatic heterocycles. The maximum absolute atomic E-state index is 5.88. The summed E-state index contributed by atoms with van der Waals surface area (Å²) in [5.41, 5.74) is 1.23. The predicted octanol–water partition coefficient (Wildman–Crippen LogP) is 3.46. The summed E-state index contributed by atoms with van der Waals surface area (Å²) in [5, 5.41) is 6.64. The topological polar surface area (TPSA) is 45.7 Å². The van der Waals surface area contributed by atoms with Gasteiger partial charge in [0.25, 0.3) is 0 Å². The normalized spacial score (nSPS) is 12.9. The Kier molecular flexibility index (Phi) is 11.4. The standard InChI is InChI=1S/C18H31N3OS/c1-4-19-18(21-13-9-15-23-3)20-12-8-14-22-16(2)17-10-6-5-7-11-17/h5-7,10-11,16H,4,8-9,12-15H2,1-3H3,(H2,19,20,21). The van der Waals surface area contributed by atoms with Crippen LogP contribution >= 0.6 is 11.8 Å². The molecule has 0 aliphatic rings. The minimum absolute atomic E-state index is 0.143. The quantitative estimate of drug-likeness (QED) is 0.369. The minimum Gasteiger partial charge on any atom is -0.374 e. The Morgan fingerprint density at radius 1 is 1.22 bits per heavy atom. The summed E-state index contributed by atoms with van der Waals surface area (Å²) in [6, 6.07) is 10.3. The molecule has 0 fully saturated rings. The summed E-state index contributed by atoms with van der Waals surface area (Å²) in [7, 11) is 0. The van der Waals surface area contributed by atoms with Crippen LogP contribution in [0.1, 0.15) is 38.4 Å². The first-order valence-electron chi connectivity index (χ1n) is 8.45. The van der Waals surface area contributed by atoms with Crippen LogP contribution in [0.3, 0.4) is 0 Å². The maximum atomic E-state index is 5.88. The van der Waals surface area contributed by atoms with Crippen LogP contribution in [0.25, 0.3) is 0 Å². The number of ether oxygens (including phenoxy) is 1. The van der Waals surface area contributed by atoms with Crippen molar-refractivity contribution in [1.82, 2.24) is 10.6 Å². The van der Waals surface area contributed by atoms with Gasteiger partial charge in [0.05, 0.1) is 6.10 Å². The molecule has 130 valence electrons. The molecule has 0 spiro atoms. The fourth-order valence-corrected chi connectivity index (χ4v) is 2.52. The SMILES string of the molecule is CCNC(=NCCCSC)NCCCOC(C)c1ccccc1. The lowest BCUT2D eigenvalue weighted by atomic mass is 10.1. The van der Waals surface area contributed by atoms with E-state index in [9.17, 15) is 0 Å². The van der Waals surface area contributed by atoms with Gasteiger partial charge in [-0.2, -0.15) is 11.8 Å². The van der Waals surface area contributed by atoms with Gasteiger partial charge in [-0.3, -0.25) is 4.99 Å². The molecule has 1 atom stereocenters.